The molecule has 3 aromatic heterocycles. The molecule has 180 valence electrons. The Morgan fingerprint density at radius 3 is 2.57 bits per heavy atom. The van der Waals surface area contributed by atoms with Gasteiger partial charge in [0.15, 0.2) is 11.6 Å². The van der Waals surface area contributed by atoms with Crippen LogP contribution in [-0.4, -0.2) is 40.7 Å². The molecule has 0 radical (unpaired) electrons. The Balaban J connectivity index is 1.46. The van der Waals surface area contributed by atoms with Crippen molar-refractivity contribution in [1.29, 1.82) is 0 Å². The molecule has 11 heteroatoms. The van der Waals surface area contributed by atoms with Gasteiger partial charge in [-0.1, -0.05) is 13.0 Å². The third-order valence-corrected chi connectivity index (χ3v) is 6.83. The molecule has 0 spiro atoms. The first-order chi connectivity index (χ1) is 16.9. The number of rotatable bonds is 9. The highest BCUT2D eigenvalue weighted by molar-refractivity contribution is 7.90. The number of fused-ring (bicyclic) bond motifs is 1. The largest absolute Gasteiger partial charge is 0.345 e. The molecule has 0 bridgehead atoms. The normalized spacial score (nSPS) is 13.8. The second-order valence-electron chi connectivity index (χ2n) is 8.42. The minimum atomic E-state index is -3.97. The summed E-state index contributed by atoms with van der Waals surface area (Å²) in [7, 11) is -3.97. The van der Waals surface area contributed by atoms with E-state index in [9.17, 15) is 13.2 Å². The Hall–Kier alpha value is -3.70. The summed E-state index contributed by atoms with van der Waals surface area (Å²) >= 11 is 0. The highest BCUT2D eigenvalue weighted by Gasteiger charge is 2.26. The van der Waals surface area contributed by atoms with E-state index in [4.69, 9.17) is 0 Å². The topological polar surface area (TPSA) is 130 Å². The first-order valence-electron chi connectivity index (χ1n) is 11.3. The lowest BCUT2D eigenvalue weighted by molar-refractivity contribution is 0.103. The van der Waals surface area contributed by atoms with Gasteiger partial charge in [-0.2, -0.15) is 13.1 Å². The van der Waals surface area contributed by atoms with E-state index < -0.39 is 21.8 Å². The maximum absolute atomic E-state index is 15.2. The summed E-state index contributed by atoms with van der Waals surface area (Å²) in [6, 6.07) is 5.78. The fourth-order valence-corrected chi connectivity index (χ4v) is 4.73. The van der Waals surface area contributed by atoms with Crippen LogP contribution in [0.4, 0.5) is 10.1 Å². The molecule has 4 aromatic rings. The first-order valence-corrected chi connectivity index (χ1v) is 12.7. The van der Waals surface area contributed by atoms with Gasteiger partial charge in [0.05, 0.1) is 11.3 Å². The number of pyridine rings is 1. The molecular weight excluding hydrogens is 471 g/mol. The molecule has 0 amide bonds. The number of nitrogens with one attached hydrogen (secondary N) is 3. The van der Waals surface area contributed by atoms with Gasteiger partial charge in [-0.3, -0.25) is 9.52 Å². The summed E-state index contributed by atoms with van der Waals surface area (Å²) in [5.41, 5.74) is 1.58. The number of ketones is 1. The average Bonchev–Trinajstić information content (AvgIpc) is 3.62. The number of hydrogen-bond donors (Lipinski definition) is 3. The molecule has 1 fully saturated rings. The van der Waals surface area contributed by atoms with Gasteiger partial charge in [0.1, 0.15) is 11.5 Å². The van der Waals surface area contributed by atoms with Gasteiger partial charge in [-0.05, 0) is 37.5 Å². The van der Waals surface area contributed by atoms with Crippen molar-refractivity contribution >= 4 is 32.7 Å². The van der Waals surface area contributed by atoms with Crippen LogP contribution in [0.2, 0.25) is 0 Å². The van der Waals surface area contributed by atoms with E-state index in [0.29, 0.717) is 23.4 Å². The van der Waals surface area contributed by atoms with Gasteiger partial charge < -0.3 is 4.98 Å². The summed E-state index contributed by atoms with van der Waals surface area (Å²) in [4.78, 5) is 29.5. The molecule has 0 unspecified atom stereocenters. The zero-order valence-corrected chi connectivity index (χ0v) is 19.7. The van der Waals surface area contributed by atoms with Crippen LogP contribution in [0.3, 0.4) is 0 Å². The van der Waals surface area contributed by atoms with Gasteiger partial charge in [-0.25, -0.2) is 19.3 Å². The molecule has 0 saturated heterocycles. The van der Waals surface area contributed by atoms with Crippen LogP contribution in [0.1, 0.15) is 53.8 Å². The predicted octanol–water partition coefficient (Wildman–Crippen LogP) is 3.92. The van der Waals surface area contributed by atoms with Crippen LogP contribution in [0, 0.1) is 5.82 Å². The van der Waals surface area contributed by atoms with E-state index in [0.717, 1.165) is 29.8 Å². The number of halogens is 1. The third-order valence-electron chi connectivity index (χ3n) is 5.75. The molecule has 0 atom stereocenters. The van der Waals surface area contributed by atoms with Crippen molar-refractivity contribution in [3.05, 3.63) is 71.8 Å². The minimum absolute atomic E-state index is 0.203. The molecule has 3 N–H and O–H groups in total. The molecule has 9 nitrogen and oxygen atoms in total. The fourth-order valence-electron chi connectivity index (χ4n) is 3.74. The van der Waals surface area contributed by atoms with Crippen molar-refractivity contribution in [2.75, 3.05) is 11.3 Å². The van der Waals surface area contributed by atoms with Crippen LogP contribution in [0.15, 0.2) is 49.1 Å². The van der Waals surface area contributed by atoms with E-state index >= 15 is 4.39 Å². The average molecular weight is 495 g/mol. The van der Waals surface area contributed by atoms with Crippen molar-refractivity contribution in [2.24, 2.45) is 0 Å². The Bertz CT molecular complexity index is 1510. The van der Waals surface area contributed by atoms with Crippen molar-refractivity contribution in [3.8, 4) is 11.1 Å². The number of aromatic amines is 1. The number of hydrogen-bond acceptors (Lipinski definition) is 6. The molecular formula is C24H23FN6O3S. The summed E-state index contributed by atoms with van der Waals surface area (Å²) in [6.45, 7) is 2.01. The van der Waals surface area contributed by atoms with Crippen molar-refractivity contribution in [1.82, 2.24) is 24.7 Å². The monoisotopic (exact) mass is 494 g/mol. The van der Waals surface area contributed by atoms with Crippen LogP contribution < -0.4 is 9.44 Å². The van der Waals surface area contributed by atoms with Crippen LogP contribution in [0.5, 0.6) is 0 Å². The van der Waals surface area contributed by atoms with E-state index in [1.807, 2.05) is 0 Å². The van der Waals surface area contributed by atoms with Gasteiger partial charge in [0.2, 0.25) is 0 Å². The van der Waals surface area contributed by atoms with E-state index in [2.05, 4.69) is 29.4 Å². The quantitative estimate of drug-likeness (QED) is 0.302. The lowest BCUT2D eigenvalue weighted by Crippen LogP contribution is -2.31. The number of carbonyl (C=O) groups excluding carboxylic acids is 1. The van der Waals surface area contributed by atoms with Crippen LogP contribution in [0.25, 0.3) is 22.2 Å². The van der Waals surface area contributed by atoms with Crippen molar-refractivity contribution < 1.29 is 17.6 Å². The van der Waals surface area contributed by atoms with Gasteiger partial charge in [0.25, 0.3) is 10.2 Å². The molecule has 1 saturated carbocycles. The maximum atomic E-state index is 15.2. The molecule has 5 rings (SSSR count). The summed E-state index contributed by atoms with van der Waals surface area (Å²) in [6.07, 6.45) is 9.39. The lowest BCUT2D eigenvalue weighted by Gasteiger charge is -2.11. The molecule has 35 heavy (non-hydrogen) atoms. The highest BCUT2D eigenvalue weighted by atomic mass is 32.2. The van der Waals surface area contributed by atoms with Crippen LogP contribution >= 0.6 is 0 Å². The number of nitrogens with zero attached hydrogens (tertiary/aromatic N) is 3. The van der Waals surface area contributed by atoms with Crippen molar-refractivity contribution in [2.45, 2.75) is 32.1 Å². The Labute approximate surface area is 201 Å². The van der Waals surface area contributed by atoms with Crippen LogP contribution in [-0.2, 0) is 10.2 Å². The molecule has 1 aliphatic rings. The Morgan fingerprint density at radius 1 is 1.11 bits per heavy atom. The Kier molecular flexibility index (Phi) is 6.03. The van der Waals surface area contributed by atoms with Gasteiger partial charge in [0, 0.05) is 59.3 Å². The van der Waals surface area contributed by atoms with E-state index in [-0.39, 0.29) is 23.4 Å². The SMILES string of the molecule is CCCNS(=O)(=O)Nc1cccc(C(=O)c2c[nH]c3ncc(-c4cnc(C5CC5)nc4)cc23)c1F. The predicted molar refractivity (Wildman–Crippen MR) is 130 cm³/mol. The second kappa shape index (κ2) is 9.16. The summed E-state index contributed by atoms with van der Waals surface area (Å²) < 4.78 is 43.9. The van der Waals surface area contributed by atoms with Gasteiger partial charge >= 0.3 is 0 Å². The highest BCUT2D eigenvalue weighted by Crippen LogP contribution is 2.38. The first kappa shape index (κ1) is 23.1. The zero-order valence-electron chi connectivity index (χ0n) is 18.9. The van der Waals surface area contributed by atoms with Crippen molar-refractivity contribution in [3.63, 3.8) is 0 Å². The number of anilines is 1. The maximum Gasteiger partial charge on any atom is 0.299 e. The zero-order chi connectivity index (χ0) is 24.6. The number of benzene rings is 1. The lowest BCUT2D eigenvalue weighted by atomic mass is 10.0. The number of carbonyl (C=O) groups is 1. The number of aromatic nitrogens is 4. The summed E-state index contributed by atoms with van der Waals surface area (Å²) in [5, 5.41) is 0.508. The standard InChI is InChI=1S/C24H23FN6O3S/c1-2-8-30-35(33,34)31-20-5-3-4-17(21(20)25)22(32)19-13-29-24-18(19)9-15(10-28-24)16-11-26-23(27-12-16)14-6-7-14/h3-5,9-14,30-31H,2,6-8H2,1H3,(H,28,29). The molecule has 1 aromatic carbocycles. The second-order valence-corrected chi connectivity index (χ2v) is 9.92. The smallest absolute Gasteiger partial charge is 0.299 e. The molecule has 3 heterocycles. The molecule has 1 aliphatic carbocycles. The summed E-state index contributed by atoms with van der Waals surface area (Å²) in [5.74, 6) is -0.287. The number of H-pyrrole nitrogens is 1. The fraction of sp³-hybridized carbons (Fsp3) is 0.250. The van der Waals surface area contributed by atoms with E-state index in [1.165, 1.54) is 24.4 Å². The Morgan fingerprint density at radius 2 is 1.86 bits per heavy atom. The third kappa shape index (κ3) is 4.77. The van der Waals surface area contributed by atoms with E-state index in [1.54, 1.807) is 31.6 Å². The van der Waals surface area contributed by atoms with Gasteiger partial charge in [-0.15, -0.1) is 0 Å². The minimum Gasteiger partial charge on any atom is -0.345 e. The molecule has 0 aliphatic heterocycles.